The van der Waals surface area contributed by atoms with Crippen LogP contribution in [0, 0.1) is 11.3 Å². The molecule has 0 N–H and O–H groups in total. The maximum Gasteiger partial charge on any atom is 0.264 e. The molecule has 0 radical (unpaired) electrons. The van der Waals surface area contributed by atoms with Gasteiger partial charge in [0.05, 0.1) is 30.9 Å². The summed E-state index contributed by atoms with van der Waals surface area (Å²) in [6.07, 6.45) is 2.46. The van der Waals surface area contributed by atoms with E-state index in [9.17, 15) is 10.1 Å². The van der Waals surface area contributed by atoms with E-state index in [4.69, 9.17) is 14.2 Å². The number of benzene rings is 1. The van der Waals surface area contributed by atoms with Crippen LogP contribution in [0.2, 0.25) is 0 Å². The highest BCUT2D eigenvalue weighted by Gasteiger charge is 2.21. The van der Waals surface area contributed by atoms with E-state index < -0.39 is 0 Å². The molecule has 1 heterocycles. The number of nitriles is 1. The third kappa shape index (κ3) is 5.23. The third-order valence-corrected chi connectivity index (χ3v) is 4.33. The quantitative estimate of drug-likeness (QED) is 0.497. The molecule has 0 atom stereocenters. The number of hydrogen-bond donors (Lipinski definition) is 0. The Labute approximate surface area is 162 Å². The van der Waals surface area contributed by atoms with Crippen molar-refractivity contribution in [2.45, 2.75) is 20.3 Å². The Morgan fingerprint density at radius 3 is 2.69 bits per heavy atom. The van der Waals surface area contributed by atoms with E-state index in [1.807, 2.05) is 26.0 Å². The lowest BCUT2D eigenvalue weighted by molar-refractivity contribution is -0.130. The number of morpholine rings is 1. The van der Waals surface area contributed by atoms with Gasteiger partial charge in [-0.1, -0.05) is 6.92 Å². The minimum Gasteiger partial charge on any atom is -0.490 e. The van der Waals surface area contributed by atoms with Crippen LogP contribution in [0.15, 0.2) is 22.2 Å². The van der Waals surface area contributed by atoms with E-state index >= 15 is 0 Å². The molecule has 140 valence electrons. The molecule has 6 nitrogen and oxygen atoms in total. The van der Waals surface area contributed by atoms with Crippen LogP contribution < -0.4 is 9.47 Å². The minimum absolute atomic E-state index is 0.0866. The van der Waals surface area contributed by atoms with Gasteiger partial charge in [-0.15, -0.1) is 0 Å². The zero-order valence-electron chi connectivity index (χ0n) is 15.1. The monoisotopic (exact) mass is 422 g/mol. The van der Waals surface area contributed by atoms with Crippen LogP contribution in [0.4, 0.5) is 0 Å². The first kappa shape index (κ1) is 20.3. The van der Waals surface area contributed by atoms with Gasteiger partial charge >= 0.3 is 0 Å². The van der Waals surface area contributed by atoms with Crippen LogP contribution in [-0.2, 0) is 9.53 Å². The Kier molecular flexibility index (Phi) is 7.95. The van der Waals surface area contributed by atoms with Crippen molar-refractivity contribution in [1.29, 1.82) is 5.26 Å². The van der Waals surface area contributed by atoms with Crippen molar-refractivity contribution >= 4 is 27.9 Å². The lowest BCUT2D eigenvalue weighted by Gasteiger charge is -2.26. The van der Waals surface area contributed by atoms with Crippen molar-refractivity contribution in [3.8, 4) is 17.6 Å². The molecule has 0 unspecified atom stereocenters. The molecule has 1 aromatic carbocycles. The Bertz CT molecular complexity index is 706. The van der Waals surface area contributed by atoms with Crippen LogP contribution in [0.3, 0.4) is 0 Å². The number of ether oxygens (including phenoxy) is 3. The Morgan fingerprint density at radius 2 is 2.08 bits per heavy atom. The summed E-state index contributed by atoms with van der Waals surface area (Å²) in [6.45, 7) is 6.96. The van der Waals surface area contributed by atoms with E-state index in [1.54, 1.807) is 17.0 Å². The lowest BCUT2D eigenvalue weighted by Crippen LogP contribution is -2.41. The van der Waals surface area contributed by atoms with Crippen molar-refractivity contribution < 1.29 is 19.0 Å². The fraction of sp³-hybridized carbons (Fsp3) is 0.474. The van der Waals surface area contributed by atoms with E-state index in [0.717, 1.165) is 10.9 Å². The maximum absolute atomic E-state index is 12.5. The van der Waals surface area contributed by atoms with Gasteiger partial charge in [0.15, 0.2) is 11.5 Å². The zero-order chi connectivity index (χ0) is 18.9. The molecule has 0 aromatic heterocycles. The fourth-order valence-electron chi connectivity index (χ4n) is 2.52. The van der Waals surface area contributed by atoms with Crippen LogP contribution in [-0.4, -0.2) is 50.3 Å². The average Bonchev–Trinajstić information content (AvgIpc) is 2.66. The zero-order valence-corrected chi connectivity index (χ0v) is 16.7. The third-order valence-electron chi connectivity index (χ3n) is 3.74. The first-order chi connectivity index (χ1) is 12.6. The van der Waals surface area contributed by atoms with Gasteiger partial charge in [-0.05, 0) is 53.0 Å². The Balaban J connectivity index is 2.31. The van der Waals surface area contributed by atoms with Gasteiger partial charge in [-0.3, -0.25) is 4.79 Å². The Morgan fingerprint density at radius 1 is 1.35 bits per heavy atom. The van der Waals surface area contributed by atoms with E-state index in [1.165, 1.54) is 0 Å². The summed E-state index contributed by atoms with van der Waals surface area (Å²) in [5, 5.41) is 9.44. The molecule has 1 aromatic rings. The fourth-order valence-corrected chi connectivity index (χ4v) is 3.10. The van der Waals surface area contributed by atoms with Crippen molar-refractivity contribution in [2.75, 3.05) is 39.5 Å². The number of hydrogen-bond acceptors (Lipinski definition) is 5. The van der Waals surface area contributed by atoms with Gasteiger partial charge in [0.25, 0.3) is 5.91 Å². The second-order valence-corrected chi connectivity index (χ2v) is 6.54. The number of nitrogens with zero attached hydrogens (tertiary/aromatic N) is 2. The predicted molar refractivity (Wildman–Crippen MR) is 102 cm³/mol. The summed E-state index contributed by atoms with van der Waals surface area (Å²) in [5.41, 5.74) is 0.783. The summed E-state index contributed by atoms with van der Waals surface area (Å²) in [7, 11) is 0. The molecule has 1 fully saturated rings. The van der Waals surface area contributed by atoms with E-state index in [0.29, 0.717) is 56.6 Å². The van der Waals surface area contributed by atoms with Gasteiger partial charge in [-0.25, -0.2) is 0 Å². The first-order valence-electron chi connectivity index (χ1n) is 8.68. The van der Waals surface area contributed by atoms with Crippen molar-refractivity contribution in [3.05, 3.63) is 27.7 Å². The standard InChI is InChI=1S/C19H23BrN2O4/c1-3-7-26-18-16(20)11-14(12-17(18)25-4-2)10-15(13-21)19(23)22-5-8-24-9-6-22/h10-12H,3-9H2,1-2H3/b15-10-. The van der Waals surface area contributed by atoms with Gasteiger partial charge < -0.3 is 19.1 Å². The van der Waals surface area contributed by atoms with Gasteiger partial charge in [0.1, 0.15) is 11.6 Å². The molecular formula is C19H23BrN2O4. The summed E-state index contributed by atoms with van der Waals surface area (Å²) in [5.74, 6) is 0.928. The second kappa shape index (κ2) is 10.2. The SMILES string of the molecule is CCCOc1c(Br)cc(/C=C(/C#N)C(=O)N2CCOCC2)cc1OCC. The topological polar surface area (TPSA) is 71.8 Å². The molecule has 26 heavy (non-hydrogen) atoms. The van der Waals surface area contributed by atoms with Crippen molar-refractivity contribution in [1.82, 2.24) is 4.90 Å². The lowest BCUT2D eigenvalue weighted by atomic mass is 10.1. The van der Waals surface area contributed by atoms with E-state index in [2.05, 4.69) is 15.9 Å². The average molecular weight is 423 g/mol. The van der Waals surface area contributed by atoms with Gasteiger partial charge in [-0.2, -0.15) is 5.26 Å². The highest BCUT2D eigenvalue weighted by molar-refractivity contribution is 9.10. The van der Waals surface area contributed by atoms with Crippen LogP contribution >= 0.6 is 15.9 Å². The van der Waals surface area contributed by atoms with Crippen LogP contribution in [0.5, 0.6) is 11.5 Å². The molecule has 1 saturated heterocycles. The maximum atomic E-state index is 12.5. The molecule has 0 spiro atoms. The highest BCUT2D eigenvalue weighted by Crippen LogP contribution is 2.37. The summed E-state index contributed by atoms with van der Waals surface area (Å²) >= 11 is 3.49. The number of carbonyl (C=O) groups excluding carboxylic acids is 1. The van der Waals surface area contributed by atoms with Gasteiger partial charge in [0, 0.05) is 13.1 Å². The first-order valence-corrected chi connectivity index (χ1v) is 9.47. The van der Waals surface area contributed by atoms with Crippen LogP contribution in [0.25, 0.3) is 6.08 Å². The largest absolute Gasteiger partial charge is 0.490 e. The summed E-state index contributed by atoms with van der Waals surface area (Å²) in [6, 6.07) is 5.61. The predicted octanol–water partition coefficient (Wildman–Crippen LogP) is 3.40. The molecule has 0 aliphatic carbocycles. The van der Waals surface area contributed by atoms with Crippen LogP contribution in [0.1, 0.15) is 25.8 Å². The van der Waals surface area contributed by atoms with Crippen molar-refractivity contribution in [2.24, 2.45) is 0 Å². The number of halogens is 1. The number of amides is 1. The highest BCUT2D eigenvalue weighted by atomic mass is 79.9. The molecule has 1 aliphatic rings. The number of carbonyl (C=O) groups is 1. The Hall–Kier alpha value is -2.04. The smallest absolute Gasteiger partial charge is 0.264 e. The molecule has 1 amide bonds. The summed E-state index contributed by atoms with van der Waals surface area (Å²) in [4.78, 5) is 14.2. The molecule has 0 bridgehead atoms. The molecular weight excluding hydrogens is 400 g/mol. The number of rotatable bonds is 7. The van der Waals surface area contributed by atoms with Crippen molar-refractivity contribution in [3.63, 3.8) is 0 Å². The normalized spacial score (nSPS) is 14.7. The minimum atomic E-state index is -0.281. The van der Waals surface area contributed by atoms with Gasteiger partial charge in [0.2, 0.25) is 0 Å². The molecule has 7 heteroatoms. The molecule has 1 aliphatic heterocycles. The summed E-state index contributed by atoms with van der Waals surface area (Å²) < 4.78 is 17.4. The van der Waals surface area contributed by atoms with E-state index in [-0.39, 0.29) is 11.5 Å². The molecule has 0 saturated carbocycles. The second-order valence-electron chi connectivity index (χ2n) is 5.69. The molecule has 2 rings (SSSR count).